The first-order valence-electron chi connectivity index (χ1n) is 8.64. The van der Waals surface area contributed by atoms with Crippen LogP contribution in [0.25, 0.3) is 0 Å². The van der Waals surface area contributed by atoms with Crippen molar-refractivity contribution in [2.24, 2.45) is 5.41 Å². The van der Waals surface area contributed by atoms with Crippen LogP contribution in [0.15, 0.2) is 54.9 Å². The third-order valence-corrected chi connectivity index (χ3v) is 5.68. The summed E-state index contributed by atoms with van der Waals surface area (Å²) < 4.78 is 0. The topological polar surface area (TPSA) is 36.4 Å². The lowest BCUT2D eigenvalue weighted by molar-refractivity contribution is -0.176. The van der Waals surface area contributed by atoms with Gasteiger partial charge >= 0.3 is 0 Å². The maximum Gasteiger partial charge on any atom is 0.231 e. The minimum absolute atomic E-state index is 0.190. The van der Waals surface area contributed by atoms with E-state index in [9.17, 15) is 4.79 Å². The minimum atomic E-state index is -0.190. The van der Waals surface area contributed by atoms with Crippen LogP contribution in [0.3, 0.4) is 0 Å². The molecule has 1 aromatic heterocycles. The highest BCUT2D eigenvalue weighted by Crippen LogP contribution is 2.55. The number of hydrogen-bond acceptors (Lipinski definition) is 3. The SMILES string of the molecule is CN1C(=O)C2(CCN(Cc3ccncc3)CC2)C1c1ccccc1. The number of β-lactam (4-membered cyclic amide) rings is 1. The molecule has 2 aliphatic rings. The Morgan fingerprint density at radius 3 is 2.42 bits per heavy atom. The summed E-state index contributed by atoms with van der Waals surface area (Å²) in [7, 11) is 1.94. The summed E-state index contributed by atoms with van der Waals surface area (Å²) in [6, 6.07) is 14.8. The van der Waals surface area contributed by atoms with Gasteiger partial charge in [0.1, 0.15) is 0 Å². The number of hydrogen-bond donors (Lipinski definition) is 0. The Morgan fingerprint density at radius 2 is 1.75 bits per heavy atom. The summed E-state index contributed by atoms with van der Waals surface area (Å²) in [6.45, 7) is 2.90. The van der Waals surface area contributed by atoms with E-state index in [4.69, 9.17) is 0 Å². The lowest BCUT2D eigenvalue weighted by atomic mass is 9.62. The summed E-state index contributed by atoms with van der Waals surface area (Å²) in [5.41, 5.74) is 2.37. The van der Waals surface area contributed by atoms with Crippen molar-refractivity contribution in [2.45, 2.75) is 25.4 Å². The van der Waals surface area contributed by atoms with Crippen molar-refractivity contribution < 1.29 is 4.79 Å². The second kappa shape index (κ2) is 6.02. The van der Waals surface area contributed by atoms with Gasteiger partial charge in [0.15, 0.2) is 0 Å². The number of carbonyl (C=O) groups is 1. The van der Waals surface area contributed by atoms with E-state index in [1.807, 2.05) is 30.4 Å². The molecule has 2 saturated heterocycles. The maximum absolute atomic E-state index is 12.7. The lowest BCUT2D eigenvalue weighted by Gasteiger charge is -2.58. The molecule has 0 saturated carbocycles. The van der Waals surface area contributed by atoms with E-state index >= 15 is 0 Å². The van der Waals surface area contributed by atoms with Gasteiger partial charge in [-0.2, -0.15) is 0 Å². The van der Waals surface area contributed by atoms with Gasteiger partial charge in [0, 0.05) is 26.0 Å². The molecular weight excluding hydrogens is 298 g/mol. The summed E-state index contributed by atoms with van der Waals surface area (Å²) in [6.07, 6.45) is 5.58. The van der Waals surface area contributed by atoms with Gasteiger partial charge in [0.25, 0.3) is 0 Å². The number of rotatable bonds is 3. The fraction of sp³-hybridized carbons (Fsp3) is 0.400. The molecule has 124 valence electrons. The van der Waals surface area contributed by atoms with Crippen LogP contribution in [-0.2, 0) is 11.3 Å². The number of amides is 1. The zero-order valence-electron chi connectivity index (χ0n) is 14.1. The largest absolute Gasteiger partial charge is 0.337 e. The summed E-state index contributed by atoms with van der Waals surface area (Å²) in [4.78, 5) is 21.1. The fourth-order valence-corrected chi connectivity index (χ4v) is 4.41. The quantitative estimate of drug-likeness (QED) is 0.816. The van der Waals surface area contributed by atoms with Crippen molar-refractivity contribution >= 4 is 5.91 Å². The lowest BCUT2D eigenvalue weighted by Crippen LogP contribution is -2.64. The van der Waals surface area contributed by atoms with Crippen molar-refractivity contribution in [3.63, 3.8) is 0 Å². The van der Waals surface area contributed by atoms with Gasteiger partial charge in [-0.3, -0.25) is 14.7 Å². The van der Waals surface area contributed by atoms with Gasteiger partial charge in [-0.25, -0.2) is 0 Å². The molecule has 0 bridgehead atoms. The third kappa shape index (κ3) is 2.42. The Kier molecular flexibility index (Phi) is 3.85. The monoisotopic (exact) mass is 321 g/mol. The Morgan fingerprint density at radius 1 is 1.08 bits per heavy atom. The molecule has 1 unspecified atom stereocenters. The number of pyridine rings is 1. The van der Waals surface area contributed by atoms with E-state index in [2.05, 4.69) is 46.3 Å². The molecule has 1 atom stereocenters. The number of carbonyl (C=O) groups excluding carboxylic acids is 1. The molecule has 1 spiro atoms. The highest BCUT2D eigenvalue weighted by Gasteiger charge is 2.59. The first-order chi connectivity index (χ1) is 11.7. The maximum atomic E-state index is 12.7. The standard InChI is InChI=1S/C20H23N3O/c1-22-18(17-5-3-2-4-6-17)20(19(22)24)9-13-23(14-10-20)15-16-7-11-21-12-8-16/h2-8,11-12,18H,9-10,13-15H2,1H3. The van der Waals surface area contributed by atoms with E-state index in [-0.39, 0.29) is 11.5 Å². The summed E-state index contributed by atoms with van der Waals surface area (Å²) in [5.74, 6) is 0.319. The van der Waals surface area contributed by atoms with Crippen LogP contribution in [0.4, 0.5) is 0 Å². The molecule has 0 N–H and O–H groups in total. The molecule has 3 heterocycles. The minimum Gasteiger partial charge on any atom is -0.337 e. The van der Waals surface area contributed by atoms with E-state index in [0.29, 0.717) is 5.91 Å². The Hall–Kier alpha value is -2.20. The van der Waals surface area contributed by atoms with Crippen LogP contribution in [0.1, 0.15) is 30.0 Å². The zero-order chi connectivity index (χ0) is 16.6. The van der Waals surface area contributed by atoms with Gasteiger partial charge in [-0.05, 0) is 49.2 Å². The van der Waals surface area contributed by atoms with Crippen molar-refractivity contribution in [1.82, 2.24) is 14.8 Å². The molecule has 2 aliphatic heterocycles. The van der Waals surface area contributed by atoms with E-state index in [1.165, 1.54) is 11.1 Å². The smallest absolute Gasteiger partial charge is 0.231 e. The first kappa shape index (κ1) is 15.3. The van der Waals surface area contributed by atoms with Crippen molar-refractivity contribution in [3.05, 3.63) is 66.0 Å². The molecule has 2 fully saturated rings. The fourth-order valence-electron chi connectivity index (χ4n) is 4.41. The predicted molar refractivity (Wildman–Crippen MR) is 93.1 cm³/mol. The number of nitrogens with zero attached hydrogens (tertiary/aromatic N) is 3. The molecule has 0 aliphatic carbocycles. The van der Waals surface area contributed by atoms with Crippen LogP contribution < -0.4 is 0 Å². The highest BCUT2D eigenvalue weighted by molar-refractivity contribution is 5.90. The Balaban J connectivity index is 1.48. The van der Waals surface area contributed by atoms with Gasteiger partial charge in [-0.1, -0.05) is 30.3 Å². The molecule has 24 heavy (non-hydrogen) atoms. The van der Waals surface area contributed by atoms with Gasteiger partial charge in [-0.15, -0.1) is 0 Å². The molecule has 4 nitrogen and oxygen atoms in total. The van der Waals surface area contributed by atoms with E-state index < -0.39 is 0 Å². The third-order valence-electron chi connectivity index (χ3n) is 5.68. The number of benzene rings is 1. The van der Waals surface area contributed by atoms with Crippen molar-refractivity contribution in [1.29, 1.82) is 0 Å². The van der Waals surface area contributed by atoms with Crippen LogP contribution in [0.5, 0.6) is 0 Å². The average Bonchev–Trinajstić information content (AvgIpc) is 2.64. The van der Waals surface area contributed by atoms with Crippen molar-refractivity contribution in [2.75, 3.05) is 20.1 Å². The Bertz CT molecular complexity index is 708. The van der Waals surface area contributed by atoms with Crippen LogP contribution in [-0.4, -0.2) is 40.8 Å². The summed E-state index contributed by atoms with van der Waals surface area (Å²) in [5, 5.41) is 0. The molecular formula is C20H23N3O. The predicted octanol–water partition coefficient (Wildman–Crippen LogP) is 2.88. The van der Waals surface area contributed by atoms with Crippen molar-refractivity contribution in [3.8, 4) is 0 Å². The van der Waals surface area contributed by atoms with Gasteiger partial charge in [0.05, 0.1) is 11.5 Å². The van der Waals surface area contributed by atoms with Crippen LogP contribution in [0, 0.1) is 5.41 Å². The van der Waals surface area contributed by atoms with Gasteiger partial charge in [0.2, 0.25) is 5.91 Å². The molecule has 4 rings (SSSR count). The normalized spacial score (nSPS) is 23.3. The second-order valence-corrected chi connectivity index (χ2v) is 7.02. The number of likely N-dealkylation sites (tertiary alicyclic amines) is 2. The van der Waals surface area contributed by atoms with E-state index in [1.54, 1.807) is 0 Å². The Labute approximate surface area is 143 Å². The summed E-state index contributed by atoms with van der Waals surface area (Å²) >= 11 is 0. The van der Waals surface area contributed by atoms with Crippen LogP contribution >= 0.6 is 0 Å². The molecule has 2 aromatic rings. The average molecular weight is 321 g/mol. The van der Waals surface area contributed by atoms with E-state index in [0.717, 1.165) is 32.5 Å². The second-order valence-electron chi connectivity index (χ2n) is 7.02. The molecule has 4 heteroatoms. The zero-order valence-corrected chi connectivity index (χ0v) is 14.1. The highest BCUT2D eigenvalue weighted by atomic mass is 16.2. The molecule has 1 aromatic carbocycles. The van der Waals surface area contributed by atoms with Gasteiger partial charge < -0.3 is 4.90 Å². The first-order valence-corrected chi connectivity index (χ1v) is 8.64. The van der Waals surface area contributed by atoms with Crippen LogP contribution in [0.2, 0.25) is 0 Å². The molecule has 0 radical (unpaired) electrons. The number of aromatic nitrogens is 1. The molecule has 1 amide bonds. The number of piperidine rings is 1.